The molecule has 0 spiro atoms. The lowest BCUT2D eigenvalue weighted by Gasteiger charge is -2.34. The number of hydrazine groups is 1. The molecule has 1 N–H and O–H groups in total. The number of piperidine rings is 1. The molecule has 2 saturated heterocycles. The molecule has 9 heteroatoms. The third kappa shape index (κ3) is 3.19. The smallest absolute Gasteiger partial charge is 0.339 e. The number of pyridine rings is 1. The average Bonchev–Trinajstić information content (AvgIpc) is 3.05. The van der Waals surface area contributed by atoms with E-state index in [1.165, 1.54) is 11.4 Å². The number of aromatic nitrogens is 1. The SMILES string of the molecule is C[C@@H]1CCCN(C(=O)c2cnc3c(c2)OCCN3C2=CC3NN(C)C(=O)N3C=C2)C1. The molecule has 158 valence electrons. The maximum absolute atomic E-state index is 12.9. The van der Waals surface area contributed by atoms with E-state index in [1.807, 2.05) is 17.1 Å². The van der Waals surface area contributed by atoms with Gasteiger partial charge in [-0.25, -0.2) is 15.2 Å². The van der Waals surface area contributed by atoms with Crippen LogP contribution in [-0.4, -0.2) is 71.2 Å². The quantitative estimate of drug-likeness (QED) is 0.800. The van der Waals surface area contributed by atoms with E-state index in [0.717, 1.165) is 25.2 Å². The van der Waals surface area contributed by atoms with Crippen LogP contribution in [0.5, 0.6) is 5.75 Å². The third-order valence-corrected chi connectivity index (χ3v) is 6.03. The molecule has 0 aliphatic carbocycles. The highest BCUT2D eigenvalue weighted by atomic mass is 16.5. The predicted octanol–water partition coefficient (Wildman–Crippen LogP) is 1.76. The van der Waals surface area contributed by atoms with E-state index in [4.69, 9.17) is 4.74 Å². The zero-order valence-electron chi connectivity index (χ0n) is 17.2. The van der Waals surface area contributed by atoms with Gasteiger partial charge in [0.1, 0.15) is 12.8 Å². The van der Waals surface area contributed by atoms with E-state index >= 15 is 0 Å². The second-order valence-corrected chi connectivity index (χ2v) is 8.27. The van der Waals surface area contributed by atoms with E-state index in [1.54, 1.807) is 30.4 Å². The topological polar surface area (TPSA) is 81.3 Å². The zero-order chi connectivity index (χ0) is 20.8. The Hall–Kier alpha value is -3.07. The first-order valence-corrected chi connectivity index (χ1v) is 10.4. The molecule has 0 radical (unpaired) electrons. The van der Waals surface area contributed by atoms with Gasteiger partial charge in [0.2, 0.25) is 0 Å². The number of carbonyl (C=O) groups is 2. The molecule has 4 aliphatic heterocycles. The van der Waals surface area contributed by atoms with Gasteiger partial charge in [-0.2, -0.15) is 0 Å². The molecule has 0 saturated carbocycles. The van der Waals surface area contributed by atoms with E-state index in [9.17, 15) is 9.59 Å². The molecular weight excluding hydrogens is 384 g/mol. The minimum Gasteiger partial charge on any atom is -0.488 e. The van der Waals surface area contributed by atoms with Crippen LogP contribution in [0.2, 0.25) is 0 Å². The Morgan fingerprint density at radius 3 is 3.03 bits per heavy atom. The maximum Gasteiger partial charge on any atom is 0.339 e. The summed E-state index contributed by atoms with van der Waals surface area (Å²) in [5, 5.41) is 1.47. The Labute approximate surface area is 175 Å². The number of ether oxygens (including phenoxy) is 1. The fourth-order valence-electron chi connectivity index (χ4n) is 4.46. The van der Waals surface area contributed by atoms with Gasteiger partial charge in [-0.15, -0.1) is 0 Å². The minimum atomic E-state index is -0.226. The van der Waals surface area contributed by atoms with Crippen LogP contribution in [0.1, 0.15) is 30.1 Å². The zero-order valence-corrected chi connectivity index (χ0v) is 17.2. The van der Waals surface area contributed by atoms with Gasteiger partial charge in [-0.1, -0.05) is 6.92 Å². The first kappa shape index (κ1) is 18.9. The van der Waals surface area contributed by atoms with Crippen molar-refractivity contribution in [3.8, 4) is 5.75 Å². The molecular formula is C21H26N6O3. The second kappa shape index (κ2) is 7.32. The van der Waals surface area contributed by atoms with Crippen molar-refractivity contribution in [1.29, 1.82) is 0 Å². The number of nitrogens with one attached hydrogen (secondary N) is 1. The Morgan fingerprint density at radius 2 is 2.20 bits per heavy atom. The average molecular weight is 410 g/mol. The number of anilines is 1. The number of hydrogen-bond acceptors (Lipinski definition) is 6. The largest absolute Gasteiger partial charge is 0.488 e. The predicted molar refractivity (Wildman–Crippen MR) is 111 cm³/mol. The van der Waals surface area contributed by atoms with Crippen LogP contribution >= 0.6 is 0 Å². The van der Waals surface area contributed by atoms with Gasteiger partial charge in [-0.3, -0.25) is 14.7 Å². The standard InChI is InChI=1S/C21H26N6O3/c1-14-4-3-6-25(13-14)20(28)15-10-17-19(22-12-15)26(8-9-30-17)16-5-7-27-18(11-16)23-24(2)21(27)29/h5,7,10-12,14,18,23H,3-4,6,8-9,13H2,1-2H3/t14-,18?/m1/s1. The lowest BCUT2D eigenvalue weighted by atomic mass is 10.00. The summed E-state index contributed by atoms with van der Waals surface area (Å²) < 4.78 is 5.85. The lowest BCUT2D eigenvalue weighted by molar-refractivity contribution is 0.0682. The fraction of sp³-hybridized carbons (Fsp3) is 0.476. The van der Waals surface area contributed by atoms with Crippen LogP contribution in [0.4, 0.5) is 10.6 Å². The molecule has 2 fully saturated rings. The van der Waals surface area contributed by atoms with Gasteiger partial charge in [0.05, 0.1) is 12.1 Å². The summed E-state index contributed by atoms with van der Waals surface area (Å²) in [5.74, 6) is 1.84. The van der Waals surface area contributed by atoms with Gasteiger partial charge in [0.25, 0.3) is 5.91 Å². The van der Waals surface area contributed by atoms with Crippen LogP contribution < -0.4 is 15.1 Å². The first-order chi connectivity index (χ1) is 14.5. The molecule has 1 aromatic rings. The summed E-state index contributed by atoms with van der Waals surface area (Å²) in [6, 6.07) is 1.71. The van der Waals surface area contributed by atoms with Crippen LogP contribution in [0, 0.1) is 5.92 Å². The molecule has 5 rings (SSSR count). The molecule has 3 amide bonds. The van der Waals surface area contributed by atoms with Gasteiger partial charge < -0.3 is 14.5 Å². The van der Waals surface area contributed by atoms with Crippen molar-refractivity contribution in [3.63, 3.8) is 0 Å². The van der Waals surface area contributed by atoms with Crippen molar-refractivity contribution < 1.29 is 14.3 Å². The van der Waals surface area contributed by atoms with Gasteiger partial charge >= 0.3 is 6.03 Å². The van der Waals surface area contributed by atoms with Crippen LogP contribution in [0.3, 0.4) is 0 Å². The Morgan fingerprint density at radius 1 is 1.33 bits per heavy atom. The highest BCUT2D eigenvalue weighted by Gasteiger charge is 2.35. The Balaban J connectivity index is 1.39. The number of likely N-dealkylation sites (tertiary alicyclic amines) is 1. The molecule has 0 bridgehead atoms. The van der Waals surface area contributed by atoms with Gasteiger partial charge in [0, 0.05) is 38.2 Å². The highest BCUT2D eigenvalue weighted by molar-refractivity contribution is 5.95. The summed E-state index contributed by atoms with van der Waals surface area (Å²) in [7, 11) is 1.70. The van der Waals surface area contributed by atoms with Crippen LogP contribution in [-0.2, 0) is 0 Å². The fourth-order valence-corrected chi connectivity index (χ4v) is 4.46. The van der Waals surface area contributed by atoms with E-state index < -0.39 is 0 Å². The number of hydrogen-bond donors (Lipinski definition) is 1. The maximum atomic E-state index is 12.9. The number of urea groups is 1. The molecule has 30 heavy (non-hydrogen) atoms. The van der Waals surface area contributed by atoms with Gasteiger partial charge in [-0.05, 0) is 37.0 Å². The number of carbonyl (C=O) groups excluding carboxylic acids is 2. The van der Waals surface area contributed by atoms with Crippen molar-refractivity contribution in [3.05, 3.63) is 41.9 Å². The van der Waals surface area contributed by atoms with E-state index in [2.05, 4.69) is 22.2 Å². The molecule has 2 atom stereocenters. The molecule has 4 aliphatic rings. The summed E-state index contributed by atoms with van der Waals surface area (Å²) in [6.07, 6.45) is 9.31. The number of nitrogens with zero attached hydrogens (tertiary/aromatic N) is 5. The molecule has 5 heterocycles. The van der Waals surface area contributed by atoms with Crippen molar-refractivity contribution in [2.45, 2.75) is 25.9 Å². The van der Waals surface area contributed by atoms with Crippen molar-refractivity contribution in [2.24, 2.45) is 5.92 Å². The number of fused-ring (bicyclic) bond motifs is 2. The lowest BCUT2D eigenvalue weighted by Crippen LogP contribution is -2.40. The minimum absolute atomic E-state index is 0.0155. The van der Waals surface area contributed by atoms with Gasteiger partial charge in [0.15, 0.2) is 11.6 Å². The summed E-state index contributed by atoms with van der Waals surface area (Å²) in [5.41, 5.74) is 4.62. The number of allylic oxidation sites excluding steroid dienone is 1. The van der Waals surface area contributed by atoms with Crippen molar-refractivity contribution in [2.75, 3.05) is 38.2 Å². The summed E-state index contributed by atoms with van der Waals surface area (Å²) >= 11 is 0. The highest BCUT2D eigenvalue weighted by Crippen LogP contribution is 2.34. The van der Waals surface area contributed by atoms with Crippen molar-refractivity contribution >= 4 is 17.8 Å². The number of amides is 3. The van der Waals surface area contributed by atoms with E-state index in [-0.39, 0.29) is 18.1 Å². The monoisotopic (exact) mass is 410 g/mol. The molecule has 0 aromatic carbocycles. The molecule has 1 unspecified atom stereocenters. The Kier molecular flexibility index (Phi) is 4.62. The number of rotatable bonds is 2. The normalized spacial score (nSPS) is 25.7. The molecule has 1 aromatic heterocycles. The van der Waals surface area contributed by atoms with Crippen molar-refractivity contribution in [1.82, 2.24) is 25.2 Å². The van der Waals surface area contributed by atoms with Crippen LogP contribution in [0.25, 0.3) is 0 Å². The first-order valence-electron chi connectivity index (χ1n) is 10.4. The molecule has 9 nitrogen and oxygen atoms in total. The summed E-state index contributed by atoms with van der Waals surface area (Å²) in [4.78, 5) is 35.3. The van der Waals surface area contributed by atoms with E-state index in [0.29, 0.717) is 36.2 Å². The Bertz CT molecular complexity index is 945. The second-order valence-electron chi connectivity index (χ2n) is 8.27. The summed E-state index contributed by atoms with van der Waals surface area (Å²) in [6.45, 7) is 4.91. The third-order valence-electron chi connectivity index (χ3n) is 6.03. The van der Waals surface area contributed by atoms with Crippen LogP contribution in [0.15, 0.2) is 36.3 Å².